The number of hydrogen-bond donors (Lipinski definition) is 1. The number of nitrogen functional groups attached to an aromatic ring is 1. The predicted octanol–water partition coefficient (Wildman–Crippen LogP) is 7.75. The Morgan fingerprint density at radius 3 is 2.00 bits per heavy atom. The van der Waals surface area contributed by atoms with Crippen LogP contribution in [0.1, 0.15) is 0 Å². The Bertz CT molecular complexity index is 1180. The summed E-state index contributed by atoms with van der Waals surface area (Å²) in [6.07, 6.45) is 0. The highest BCUT2D eigenvalue weighted by atomic mass is 79.9. The van der Waals surface area contributed by atoms with Crippen molar-refractivity contribution in [3.8, 4) is 11.1 Å². The number of anilines is 1. The van der Waals surface area contributed by atoms with E-state index in [1.165, 1.54) is 31.3 Å². The molecule has 0 aliphatic heterocycles. The second-order valence-electron chi connectivity index (χ2n) is 6.23. The first-order valence-electron chi connectivity index (χ1n) is 8.68. The van der Waals surface area contributed by atoms with Crippen molar-refractivity contribution in [3.63, 3.8) is 0 Å². The standard InChI is InChI=1S/C12H7BrS.C12H11N/c13-8-5-6-12-10(7-8)9-3-1-2-4-11(9)14-12;13-12-8-6-11(7-9-12)10-4-2-1-3-5-10/h1-7H;1-9H,13H2. The third-order valence-corrected chi connectivity index (χ3v) is 6.00. The minimum absolute atomic E-state index is 0.805. The van der Waals surface area contributed by atoms with Gasteiger partial charge in [0, 0.05) is 30.3 Å². The Hall–Kier alpha value is -2.62. The molecule has 0 bridgehead atoms. The molecule has 0 saturated carbocycles. The normalized spacial score (nSPS) is 10.6. The van der Waals surface area contributed by atoms with Gasteiger partial charge in [-0.2, -0.15) is 0 Å². The molecule has 0 fully saturated rings. The van der Waals surface area contributed by atoms with Gasteiger partial charge in [-0.05, 0) is 47.5 Å². The smallest absolute Gasteiger partial charge is 0.0356 e. The maximum absolute atomic E-state index is 5.60. The van der Waals surface area contributed by atoms with Crippen LogP contribution in [0.2, 0.25) is 0 Å². The molecule has 0 atom stereocenters. The van der Waals surface area contributed by atoms with Crippen molar-refractivity contribution in [1.29, 1.82) is 0 Å². The van der Waals surface area contributed by atoms with Crippen molar-refractivity contribution >= 4 is 53.1 Å². The average molecular weight is 432 g/mol. The molecule has 0 spiro atoms. The molecule has 1 nitrogen and oxygen atoms in total. The van der Waals surface area contributed by atoms with Crippen LogP contribution in [-0.4, -0.2) is 0 Å². The summed E-state index contributed by atoms with van der Waals surface area (Å²) in [6, 6.07) is 33.2. The Kier molecular flexibility index (Phi) is 5.23. The Morgan fingerprint density at radius 2 is 1.22 bits per heavy atom. The summed E-state index contributed by atoms with van der Waals surface area (Å²) < 4.78 is 3.86. The zero-order chi connectivity index (χ0) is 18.6. The van der Waals surface area contributed by atoms with E-state index < -0.39 is 0 Å². The largest absolute Gasteiger partial charge is 0.399 e. The molecule has 0 radical (unpaired) electrons. The lowest BCUT2D eigenvalue weighted by Gasteiger charge is -2.00. The lowest BCUT2D eigenvalue weighted by molar-refractivity contribution is 1.61. The highest BCUT2D eigenvalue weighted by Gasteiger charge is 2.03. The number of fused-ring (bicyclic) bond motifs is 3. The van der Waals surface area contributed by atoms with Gasteiger partial charge in [0.05, 0.1) is 0 Å². The average Bonchev–Trinajstić information content (AvgIpc) is 3.08. The number of halogens is 1. The van der Waals surface area contributed by atoms with Gasteiger partial charge in [-0.1, -0.05) is 76.6 Å². The lowest BCUT2D eigenvalue weighted by Crippen LogP contribution is -1.83. The first-order chi connectivity index (χ1) is 13.2. The van der Waals surface area contributed by atoms with Crippen molar-refractivity contribution in [2.75, 3.05) is 5.73 Å². The van der Waals surface area contributed by atoms with Crippen LogP contribution in [0.15, 0.2) is 102 Å². The molecule has 27 heavy (non-hydrogen) atoms. The van der Waals surface area contributed by atoms with Crippen molar-refractivity contribution in [2.45, 2.75) is 0 Å². The Labute approximate surface area is 171 Å². The van der Waals surface area contributed by atoms with E-state index in [2.05, 4.69) is 70.5 Å². The Balaban J connectivity index is 0.000000134. The number of rotatable bonds is 1. The van der Waals surface area contributed by atoms with E-state index in [0.29, 0.717) is 0 Å². The maximum atomic E-state index is 5.60. The van der Waals surface area contributed by atoms with Gasteiger partial charge in [0.25, 0.3) is 0 Å². The van der Waals surface area contributed by atoms with E-state index in [-0.39, 0.29) is 0 Å². The van der Waals surface area contributed by atoms with Crippen LogP contribution in [-0.2, 0) is 0 Å². The summed E-state index contributed by atoms with van der Waals surface area (Å²) in [6.45, 7) is 0. The molecule has 5 aromatic rings. The number of hydrogen-bond acceptors (Lipinski definition) is 2. The summed E-state index contributed by atoms with van der Waals surface area (Å²) in [5.74, 6) is 0. The third-order valence-electron chi connectivity index (χ3n) is 4.36. The first kappa shape index (κ1) is 17.8. The quantitative estimate of drug-likeness (QED) is 0.269. The van der Waals surface area contributed by atoms with Gasteiger partial charge in [0.1, 0.15) is 0 Å². The van der Waals surface area contributed by atoms with Crippen molar-refractivity contribution < 1.29 is 0 Å². The van der Waals surface area contributed by atoms with E-state index in [1.807, 2.05) is 53.8 Å². The number of thiophene rings is 1. The van der Waals surface area contributed by atoms with Gasteiger partial charge in [0.15, 0.2) is 0 Å². The molecule has 4 aromatic carbocycles. The fourth-order valence-corrected chi connectivity index (χ4v) is 4.45. The van der Waals surface area contributed by atoms with Crippen LogP contribution in [0.25, 0.3) is 31.3 Å². The highest BCUT2D eigenvalue weighted by molar-refractivity contribution is 9.10. The van der Waals surface area contributed by atoms with E-state index in [9.17, 15) is 0 Å². The van der Waals surface area contributed by atoms with Crippen LogP contribution in [0, 0.1) is 0 Å². The summed E-state index contributed by atoms with van der Waals surface area (Å²) in [5, 5.41) is 2.70. The molecule has 132 valence electrons. The zero-order valence-electron chi connectivity index (χ0n) is 14.6. The Morgan fingerprint density at radius 1 is 0.593 bits per heavy atom. The maximum Gasteiger partial charge on any atom is 0.0356 e. The highest BCUT2D eigenvalue weighted by Crippen LogP contribution is 2.34. The summed E-state index contributed by atoms with van der Waals surface area (Å²) >= 11 is 5.36. The molecule has 0 saturated heterocycles. The summed E-state index contributed by atoms with van der Waals surface area (Å²) in [5.41, 5.74) is 8.84. The van der Waals surface area contributed by atoms with Crippen LogP contribution < -0.4 is 5.73 Å². The summed E-state index contributed by atoms with van der Waals surface area (Å²) in [7, 11) is 0. The zero-order valence-corrected chi connectivity index (χ0v) is 17.0. The summed E-state index contributed by atoms with van der Waals surface area (Å²) in [4.78, 5) is 0. The molecule has 3 heteroatoms. The molecule has 0 unspecified atom stereocenters. The van der Waals surface area contributed by atoms with Gasteiger partial charge < -0.3 is 5.73 Å². The topological polar surface area (TPSA) is 26.0 Å². The molecule has 5 rings (SSSR count). The van der Waals surface area contributed by atoms with E-state index >= 15 is 0 Å². The molecule has 0 aliphatic rings. The van der Waals surface area contributed by atoms with E-state index in [4.69, 9.17) is 5.73 Å². The second kappa shape index (κ2) is 7.95. The minimum atomic E-state index is 0.805. The molecular formula is C24H18BrNS. The van der Waals surface area contributed by atoms with Gasteiger partial charge in [-0.25, -0.2) is 0 Å². The van der Waals surface area contributed by atoms with Crippen LogP contribution >= 0.6 is 27.3 Å². The number of benzene rings is 4. The van der Waals surface area contributed by atoms with Gasteiger partial charge in [-0.15, -0.1) is 11.3 Å². The van der Waals surface area contributed by atoms with Crippen LogP contribution in [0.3, 0.4) is 0 Å². The molecule has 0 aliphatic carbocycles. The van der Waals surface area contributed by atoms with Crippen LogP contribution in [0.4, 0.5) is 5.69 Å². The number of nitrogens with two attached hydrogens (primary N) is 1. The van der Waals surface area contributed by atoms with Gasteiger partial charge in [0.2, 0.25) is 0 Å². The molecule has 1 heterocycles. The first-order valence-corrected chi connectivity index (χ1v) is 10.3. The third kappa shape index (κ3) is 4.05. The van der Waals surface area contributed by atoms with Crippen molar-refractivity contribution in [1.82, 2.24) is 0 Å². The monoisotopic (exact) mass is 431 g/mol. The second-order valence-corrected chi connectivity index (χ2v) is 8.23. The van der Waals surface area contributed by atoms with E-state index in [0.717, 1.165) is 10.2 Å². The fraction of sp³-hybridized carbons (Fsp3) is 0. The molecule has 1 aromatic heterocycles. The van der Waals surface area contributed by atoms with Crippen molar-refractivity contribution in [3.05, 3.63) is 102 Å². The van der Waals surface area contributed by atoms with E-state index in [1.54, 1.807) is 0 Å². The van der Waals surface area contributed by atoms with Crippen molar-refractivity contribution in [2.24, 2.45) is 0 Å². The lowest BCUT2D eigenvalue weighted by atomic mass is 10.1. The molecule has 0 amide bonds. The molecule has 2 N–H and O–H groups in total. The minimum Gasteiger partial charge on any atom is -0.399 e. The SMILES string of the molecule is Brc1ccc2sc3ccccc3c2c1.Nc1ccc(-c2ccccc2)cc1. The predicted molar refractivity (Wildman–Crippen MR) is 123 cm³/mol. The fourth-order valence-electron chi connectivity index (χ4n) is 3.00. The van der Waals surface area contributed by atoms with Crippen LogP contribution in [0.5, 0.6) is 0 Å². The van der Waals surface area contributed by atoms with Gasteiger partial charge in [-0.3, -0.25) is 0 Å². The van der Waals surface area contributed by atoms with Gasteiger partial charge >= 0.3 is 0 Å². The molecular weight excluding hydrogens is 414 g/mol.